The lowest BCUT2D eigenvalue weighted by atomic mass is 10.1. The first-order valence-corrected chi connectivity index (χ1v) is 8.42. The Kier molecular flexibility index (Phi) is 15.6. The van der Waals surface area contributed by atoms with Crippen molar-refractivity contribution < 1.29 is 4.79 Å². The first-order valence-electron chi connectivity index (χ1n) is 8.42. The summed E-state index contributed by atoms with van der Waals surface area (Å²) in [5.41, 5.74) is 0. The minimum absolute atomic E-state index is 0.389. The van der Waals surface area contributed by atoms with Gasteiger partial charge in [-0.1, -0.05) is 62.5 Å². The van der Waals surface area contributed by atoms with Gasteiger partial charge in [-0.15, -0.1) is 0 Å². The fraction of sp³-hybridized carbons (Fsp3) is 0.550. The minimum atomic E-state index is 0.389. The van der Waals surface area contributed by atoms with Crippen molar-refractivity contribution in [2.45, 2.75) is 71.6 Å². The topological polar surface area (TPSA) is 17.1 Å². The van der Waals surface area contributed by atoms with Crippen LogP contribution >= 0.6 is 0 Å². The van der Waals surface area contributed by atoms with Crippen LogP contribution in [0.25, 0.3) is 0 Å². The largest absolute Gasteiger partial charge is 0.300 e. The summed E-state index contributed by atoms with van der Waals surface area (Å²) in [5, 5.41) is 0. The van der Waals surface area contributed by atoms with E-state index < -0.39 is 0 Å². The van der Waals surface area contributed by atoms with Crippen LogP contribution in [-0.4, -0.2) is 5.78 Å². The van der Waals surface area contributed by atoms with E-state index in [0.717, 1.165) is 51.4 Å². The zero-order valence-electron chi connectivity index (χ0n) is 13.9. The monoisotopic (exact) mass is 288 g/mol. The molecule has 0 spiro atoms. The Hall–Kier alpha value is -1.37. The molecular weight excluding hydrogens is 256 g/mol. The smallest absolute Gasteiger partial charge is 0.132 e. The molecule has 0 aliphatic heterocycles. The third-order valence-electron chi connectivity index (χ3n) is 3.19. The number of rotatable bonds is 13. The predicted molar refractivity (Wildman–Crippen MR) is 94.5 cm³/mol. The first-order chi connectivity index (χ1) is 10.3. The quantitative estimate of drug-likeness (QED) is 0.286. The normalized spacial score (nSPS) is 12.5. The van der Waals surface area contributed by atoms with Gasteiger partial charge in [0.05, 0.1) is 0 Å². The molecule has 0 aliphatic carbocycles. The summed E-state index contributed by atoms with van der Waals surface area (Å²) in [6.45, 7) is 4.09. The fourth-order valence-electron chi connectivity index (χ4n) is 1.86. The van der Waals surface area contributed by atoms with E-state index >= 15 is 0 Å². The molecular formula is C20H32O. The van der Waals surface area contributed by atoms with Crippen molar-refractivity contribution in [1.82, 2.24) is 0 Å². The fourth-order valence-corrected chi connectivity index (χ4v) is 1.86. The molecule has 0 aromatic heterocycles. The molecule has 1 nitrogen and oxygen atoms in total. The van der Waals surface area contributed by atoms with Gasteiger partial charge in [-0.2, -0.15) is 0 Å². The lowest BCUT2D eigenvalue weighted by molar-refractivity contribution is -0.118. The zero-order chi connectivity index (χ0) is 15.6. The molecule has 21 heavy (non-hydrogen) atoms. The second-order valence-corrected chi connectivity index (χ2v) is 5.14. The van der Waals surface area contributed by atoms with Crippen molar-refractivity contribution in [2.24, 2.45) is 0 Å². The van der Waals surface area contributed by atoms with Crippen LogP contribution in [0.15, 0.2) is 48.6 Å². The summed E-state index contributed by atoms with van der Waals surface area (Å²) >= 11 is 0. The number of carbonyl (C=O) groups is 1. The molecule has 0 amide bonds. The van der Waals surface area contributed by atoms with Crippen molar-refractivity contribution in [3.8, 4) is 0 Å². The molecule has 0 aliphatic rings. The molecule has 0 rings (SSSR count). The van der Waals surface area contributed by atoms with Gasteiger partial charge in [0.1, 0.15) is 5.78 Å². The average Bonchev–Trinajstić information content (AvgIpc) is 2.50. The van der Waals surface area contributed by atoms with Crippen LogP contribution in [0.4, 0.5) is 0 Å². The van der Waals surface area contributed by atoms with Gasteiger partial charge < -0.3 is 0 Å². The molecule has 0 aromatic carbocycles. The highest BCUT2D eigenvalue weighted by Gasteiger charge is 1.95. The van der Waals surface area contributed by atoms with Crippen molar-refractivity contribution in [3.05, 3.63) is 48.6 Å². The highest BCUT2D eigenvalue weighted by Crippen LogP contribution is 2.03. The molecule has 0 unspecified atom stereocenters. The van der Waals surface area contributed by atoms with E-state index in [1.807, 2.05) is 6.92 Å². The number of Topliss-reactive ketones (excluding diaryl/α,β-unsaturated/α-hetero) is 1. The Balaban J connectivity index is 3.40. The standard InChI is InChI=1S/C20H32O/c1-3-5-6-7-8-9-10-11-12-13-14-15-16-17-18-19-20(21)4-2/h5-6,8-9,11-12,14-15H,3-4,7,10,13,16-19H2,1-2H3. The van der Waals surface area contributed by atoms with Crippen LogP contribution < -0.4 is 0 Å². The van der Waals surface area contributed by atoms with Gasteiger partial charge in [0, 0.05) is 12.8 Å². The van der Waals surface area contributed by atoms with Crippen molar-refractivity contribution in [3.63, 3.8) is 0 Å². The van der Waals surface area contributed by atoms with E-state index in [0.29, 0.717) is 12.2 Å². The lowest BCUT2D eigenvalue weighted by Crippen LogP contribution is -1.93. The Labute approximate surface area is 131 Å². The maximum absolute atomic E-state index is 11.1. The zero-order valence-corrected chi connectivity index (χ0v) is 13.9. The molecule has 0 fully saturated rings. The number of hydrogen-bond donors (Lipinski definition) is 0. The van der Waals surface area contributed by atoms with Gasteiger partial charge in [0.15, 0.2) is 0 Å². The predicted octanol–water partition coefficient (Wildman–Crippen LogP) is 6.33. The maximum atomic E-state index is 11.1. The molecule has 0 heterocycles. The molecule has 0 aromatic rings. The summed E-state index contributed by atoms with van der Waals surface area (Å²) in [7, 11) is 0. The Morgan fingerprint density at radius 1 is 0.714 bits per heavy atom. The molecule has 0 radical (unpaired) electrons. The van der Waals surface area contributed by atoms with Gasteiger partial charge in [-0.25, -0.2) is 0 Å². The summed E-state index contributed by atoms with van der Waals surface area (Å²) in [6.07, 6.45) is 26.6. The lowest BCUT2D eigenvalue weighted by Gasteiger charge is -1.95. The van der Waals surface area contributed by atoms with E-state index in [9.17, 15) is 4.79 Å². The number of carbonyl (C=O) groups excluding carboxylic acids is 1. The van der Waals surface area contributed by atoms with Crippen LogP contribution in [0, 0.1) is 0 Å². The molecule has 0 saturated carbocycles. The van der Waals surface area contributed by atoms with E-state index in [2.05, 4.69) is 55.5 Å². The maximum Gasteiger partial charge on any atom is 0.132 e. The van der Waals surface area contributed by atoms with Gasteiger partial charge in [0.25, 0.3) is 0 Å². The van der Waals surface area contributed by atoms with Gasteiger partial charge >= 0.3 is 0 Å². The Bertz CT molecular complexity index is 345. The Morgan fingerprint density at radius 3 is 1.76 bits per heavy atom. The summed E-state index contributed by atoms with van der Waals surface area (Å²) in [6, 6.07) is 0. The summed E-state index contributed by atoms with van der Waals surface area (Å²) in [4.78, 5) is 11.1. The van der Waals surface area contributed by atoms with Crippen molar-refractivity contribution in [2.75, 3.05) is 0 Å². The molecule has 0 bridgehead atoms. The van der Waals surface area contributed by atoms with Crippen LogP contribution in [0.2, 0.25) is 0 Å². The highest BCUT2D eigenvalue weighted by molar-refractivity contribution is 5.77. The van der Waals surface area contributed by atoms with E-state index in [1.165, 1.54) is 0 Å². The number of ketones is 1. The molecule has 118 valence electrons. The van der Waals surface area contributed by atoms with E-state index in [-0.39, 0.29) is 0 Å². The number of allylic oxidation sites excluding steroid dienone is 8. The second kappa shape index (κ2) is 16.7. The van der Waals surface area contributed by atoms with Crippen LogP contribution in [0.3, 0.4) is 0 Å². The molecule has 0 atom stereocenters. The first kappa shape index (κ1) is 19.6. The molecule has 1 heteroatoms. The minimum Gasteiger partial charge on any atom is -0.300 e. The second-order valence-electron chi connectivity index (χ2n) is 5.14. The average molecular weight is 288 g/mol. The van der Waals surface area contributed by atoms with Crippen molar-refractivity contribution >= 4 is 5.78 Å². The Morgan fingerprint density at radius 2 is 1.24 bits per heavy atom. The van der Waals surface area contributed by atoms with Crippen LogP contribution in [0.1, 0.15) is 71.6 Å². The van der Waals surface area contributed by atoms with Crippen LogP contribution in [-0.2, 0) is 4.79 Å². The van der Waals surface area contributed by atoms with E-state index in [4.69, 9.17) is 0 Å². The summed E-state index contributed by atoms with van der Waals surface area (Å²) < 4.78 is 0. The third-order valence-corrected chi connectivity index (χ3v) is 3.19. The van der Waals surface area contributed by atoms with Gasteiger partial charge in [-0.05, 0) is 44.9 Å². The van der Waals surface area contributed by atoms with Gasteiger partial charge in [-0.3, -0.25) is 4.79 Å². The van der Waals surface area contributed by atoms with Gasteiger partial charge in [0.2, 0.25) is 0 Å². The molecule has 0 N–H and O–H groups in total. The van der Waals surface area contributed by atoms with E-state index in [1.54, 1.807) is 0 Å². The summed E-state index contributed by atoms with van der Waals surface area (Å²) in [5.74, 6) is 0.389. The third kappa shape index (κ3) is 16.6. The highest BCUT2D eigenvalue weighted by atomic mass is 16.1. The SMILES string of the molecule is CCC=CCC=CCC=CCC=CCCCCC(=O)CC. The number of unbranched alkanes of at least 4 members (excludes halogenated alkanes) is 2. The van der Waals surface area contributed by atoms with Crippen LogP contribution in [0.5, 0.6) is 0 Å². The van der Waals surface area contributed by atoms with Crippen molar-refractivity contribution in [1.29, 1.82) is 0 Å². The molecule has 0 saturated heterocycles. The number of hydrogen-bond acceptors (Lipinski definition) is 1.